The molecule has 0 saturated carbocycles. The summed E-state index contributed by atoms with van der Waals surface area (Å²) in [6, 6.07) is 12.7. The number of nitrogens with two attached hydrogens (primary N) is 1. The third-order valence-corrected chi connectivity index (χ3v) is 3.22. The zero-order valence-electron chi connectivity index (χ0n) is 11.1. The zero-order chi connectivity index (χ0) is 14.5. The van der Waals surface area contributed by atoms with Crippen molar-refractivity contribution in [3.05, 3.63) is 64.2 Å². The number of carbonyl (C=O) groups is 1. The summed E-state index contributed by atoms with van der Waals surface area (Å²) in [5.74, 6) is 5.23. The molecule has 0 aliphatic heterocycles. The number of hydrogen-bond donors (Lipinski definition) is 3. The molecule has 20 heavy (non-hydrogen) atoms. The van der Waals surface area contributed by atoms with Gasteiger partial charge >= 0.3 is 0 Å². The molecule has 0 aromatic heterocycles. The smallest absolute Gasteiger partial charge is 0.251 e. The van der Waals surface area contributed by atoms with Crippen LogP contribution in [0.2, 0.25) is 5.02 Å². The van der Waals surface area contributed by atoms with Crippen LogP contribution in [0.1, 0.15) is 21.5 Å². The first-order chi connectivity index (χ1) is 9.60. The number of hydrogen-bond acceptors (Lipinski definition) is 3. The fraction of sp³-hybridized carbons (Fsp3) is 0.133. The molecular weight excluding hydrogens is 274 g/mol. The van der Waals surface area contributed by atoms with Crippen LogP contribution >= 0.6 is 11.6 Å². The standard InChI is InChI=1S/C15H16ClN3O/c1-10-7-12(5-6-14(10)19-17)15(20)18-9-11-3-2-4-13(16)8-11/h2-8,19H,9,17H2,1H3,(H,18,20). The molecule has 0 aliphatic carbocycles. The normalized spacial score (nSPS) is 10.2. The van der Waals surface area contributed by atoms with Gasteiger partial charge in [0.25, 0.3) is 5.91 Å². The Kier molecular flexibility index (Phi) is 4.61. The van der Waals surface area contributed by atoms with Crippen molar-refractivity contribution in [2.24, 2.45) is 5.84 Å². The van der Waals surface area contributed by atoms with E-state index < -0.39 is 0 Å². The van der Waals surface area contributed by atoms with E-state index in [-0.39, 0.29) is 5.91 Å². The Morgan fingerprint density at radius 1 is 1.25 bits per heavy atom. The van der Waals surface area contributed by atoms with Gasteiger partial charge in [0, 0.05) is 17.1 Å². The summed E-state index contributed by atoms with van der Waals surface area (Å²) in [5, 5.41) is 3.52. The van der Waals surface area contributed by atoms with Gasteiger partial charge in [-0.1, -0.05) is 23.7 Å². The molecule has 4 nitrogen and oxygen atoms in total. The molecule has 0 radical (unpaired) electrons. The lowest BCUT2D eigenvalue weighted by Gasteiger charge is -2.09. The first-order valence-electron chi connectivity index (χ1n) is 6.20. The maximum absolute atomic E-state index is 12.1. The molecule has 4 N–H and O–H groups in total. The molecule has 0 heterocycles. The number of nitrogen functional groups attached to an aromatic ring is 1. The molecular formula is C15H16ClN3O. The Morgan fingerprint density at radius 3 is 2.70 bits per heavy atom. The first kappa shape index (κ1) is 14.4. The first-order valence-corrected chi connectivity index (χ1v) is 6.58. The number of amides is 1. The zero-order valence-corrected chi connectivity index (χ0v) is 11.9. The average Bonchev–Trinajstić information content (AvgIpc) is 2.44. The van der Waals surface area contributed by atoms with Gasteiger partial charge in [-0.15, -0.1) is 0 Å². The van der Waals surface area contributed by atoms with E-state index in [1.807, 2.05) is 25.1 Å². The molecule has 2 rings (SSSR count). The van der Waals surface area contributed by atoms with Crippen LogP contribution in [-0.2, 0) is 6.54 Å². The SMILES string of the molecule is Cc1cc(C(=O)NCc2cccc(Cl)c2)ccc1NN. The highest BCUT2D eigenvalue weighted by molar-refractivity contribution is 6.30. The lowest BCUT2D eigenvalue weighted by atomic mass is 10.1. The molecule has 2 aromatic rings. The van der Waals surface area contributed by atoms with Gasteiger partial charge in [-0.05, 0) is 48.4 Å². The minimum absolute atomic E-state index is 0.128. The van der Waals surface area contributed by atoms with Crippen LogP contribution in [0.5, 0.6) is 0 Å². The van der Waals surface area contributed by atoms with Gasteiger partial charge < -0.3 is 10.7 Å². The predicted octanol–water partition coefficient (Wildman–Crippen LogP) is 2.86. The van der Waals surface area contributed by atoms with E-state index in [1.54, 1.807) is 24.3 Å². The summed E-state index contributed by atoms with van der Waals surface area (Å²) in [4.78, 5) is 12.1. The van der Waals surface area contributed by atoms with Crippen LogP contribution in [0.25, 0.3) is 0 Å². The molecule has 0 spiro atoms. The monoisotopic (exact) mass is 289 g/mol. The van der Waals surface area contributed by atoms with Crippen LogP contribution in [0, 0.1) is 6.92 Å². The Hall–Kier alpha value is -2.04. The second kappa shape index (κ2) is 6.41. The molecule has 0 atom stereocenters. The van der Waals surface area contributed by atoms with E-state index in [9.17, 15) is 4.79 Å². The minimum atomic E-state index is -0.128. The number of nitrogens with one attached hydrogen (secondary N) is 2. The number of halogens is 1. The molecule has 0 fully saturated rings. The number of hydrazine groups is 1. The highest BCUT2D eigenvalue weighted by Gasteiger charge is 2.07. The molecule has 0 bridgehead atoms. The second-order valence-corrected chi connectivity index (χ2v) is 4.92. The number of anilines is 1. The predicted molar refractivity (Wildman–Crippen MR) is 81.6 cm³/mol. The van der Waals surface area contributed by atoms with Crippen molar-refractivity contribution in [2.75, 3.05) is 5.43 Å². The fourth-order valence-corrected chi connectivity index (χ4v) is 2.11. The van der Waals surface area contributed by atoms with E-state index in [4.69, 9.17) is 17.4 Å². The summed E-state index contributed by atoms with van der Waals surface area (Å²) < 4.78 is 0. The lowest BCUT2D eigenvalue weighted by molar-refractivity contribution is 0.0951. The van der Waals surface area contributed by atoms with Crippen molar-refractivity contribution >= 4 is 23.2 Å². The van der Waals surface area contributed by atoms with Crippen LogP contribution in [0.3, 0.4) is 0 Å². The maximum Gasteiger partial charge on any atom is 0.251 e. The molecule has 1 amide bonds. The van der Waals surface area contributed by atoms with E-state index in [0.717, 1.165) is 16.8 Å². The lowest BCUT2D eigenvalue weighted by Crippen LogP contribution is -2.23. The summed E-state index contributed by atoms with van der Waals surface area (Å²) >= 11 is 5.90. The molecule has 0 unspecified atom stereocenters. The number of aryl methyl sites for hydroxylation is 1. The van der Waals surface area contributed by atoms with E-state index in [1.165, 1.54) is 0 Å². The minimum Gasteiger partial charge on any atom is -0.348 e. The molecule has 5 heteroatoms. The third kappa shape index (κ3) is 3.50. The average molecular weight is 290 g/mol. The van der Waals surface area contributed by atoms with Gasteiger partial charge in [0.15, 0.2) is 0 Å². The van der Waals surface area contributed by atoms with Gasteiger partial charge in [0.2, 0.25) is 0 Å². The highest BCUT2D eigenvalue weighted by Crippen LogP contribution is 2.15. The summed E-state index contributed by atoms with van der Waals surface area (Å²) in [7, 11) is 0. The van der Waals surface area contributed by atoms with Crippen LogP contribution in [0.4, 0.5) is 5.69 Å². The summed E-state index contributed by atoms with van der Waals surface area (Å²) in [6.45, 7) is 2.33. The van der Waals surface area contributed by atoms with Gasteiger partial charge in [-0.2, -0.15) is 0 Å². The van der Waals surface area contributed by atoms with Crippen LogP contribution in [0.15, 0.2) is 42.5 Å². The Morgan fingerprint density at radius 2 is 2.05 bits per heavy atom. The van der Waals surface area contributed by atoms with Crippen LogP contribution in [-0.4, -0.2) is 5.91 Å². The largest absolute Gasteiger partial charge is 0.348 e. The van der Waals surface area contributed by atoms with Crippen molar-refractivity contribution < 1.29 is 4.79 Å². The third-order valence-electron chi connectivity index (χ3n) is 2.99. The molecule has 104 valence electrons. The molecule has 2 aromatic carbocycles. The van der Waals surface area contributed by atoms with Crippen molar-refractivity contribution in [1.29, 1.82) is 0 Å². The highest BCUT2D eigenvalue weighted by atomic mass is 35.5. The Labute approximate surface area is 122 Å². The van der Waals surface area contributed by atoms with Gasteiger partial charge in [-0.25, -0.2) is 0 Å². The summed E-state index contributed by atoms with van der Waals surface area (Å²) in [6.07, 6.45) is 0. The van der Waals surface area contributed by atoms with Crippen molar-refractivity contribution in [2.45, 2.75) is 13.5 Å². The summed E-state index contributed by atoms with van der Waals surface area (Å²) in [5.41, 5.74) is 5.86. The Bertz CT molecular complexity index is 628. The number of rotatable bonds is 4. The van der Waals surface area contributed by atoms with Gasteiger partial charge in [0.1, 0.15) is 0 Å². The van der Waals surface area contributed by atoms with Crippen molar-refractivity contribution in [3.63, 3.8) is 0 Å². The van der Waals surface area contributed by atoms with Gasteiger partial charge in [-0.3, -0.25) is 10.6 Å². The number of benzene rings is 2. The fourth-order valence-electron chi connectivity index (χ4n) is 1.90. The topological polar surface area (TPSA) is 67.2 Å². The quantitative estimate of drug-likeness (QED) is 0.599. The van der Waals surface area contributed by atoms with E-state index >= 15 is 0 Å². The van der Waals surface area contributed by atoms with Crippen molar-refractivity contribution in [1.82, 2.24) is 5.32 Å². The van der Waals surface area contributed by atoms with E-state index in [0.29, 0.717) is 17.1 Å². The number of carbonyl (C=O) groups excluding carboxylic acids is 1. The van der Waals surface area contributed by atoms with Gasteiger partial charge in [0.05, 0.1) is 5.69 Å². The van der Waals surface area contributed by atoms with E-state index in [2.05, 4.69) is 10.7 Å². The maximum atomic E-state index is 12.1. The van der Waals surface area contributed by atoms with Crippen molar-refractivity contribution in [3.8, 4) is 0 Å². The second-order valence-electron chi connectivity index (χ2n) is 4.49. The Balaban J connectivity index is 2.03. The van der Waals surface area contributed by atoms with Crippen LogP contribution < -0.4 is 16.6 Å². The molecule has 0 saturated heterocycles. The molecule has 0 aliphatic rings.